The number of phenols is 1. The molecule has 2 rings (SSSR count). The van der Waals surface area contributed by atoms with E-state index in [0.29, 0.717) is 11.3 Å². The molecule has 0 radical (unpaired) electrons. The Hall–Kier alpha value is -2.23. The number of allylic oxidation sites excluding steroid dienone is 2. The topological polar surface area (TPSA) is 66.7 Å². The molecular formula is C13H11NO3. The van der Waals surface area contributed by atoms with E-state index >= 15 is 0 Å². The SMILES string of the molecule is CC1=CC(=O)C(=Nc2ccc(O)cc2)CC1=O. The third kappa shape index (κ3) is 2.47. The van der Waals surface area contributed by atoms with Crippen LogP contribution in [0.15, 0.2) is 40.9 Å². The number of nitrogens with zero attached hydrogens (tertiary/aromatic N) is 1. The maximum atomic E-state index is 11.6. The van der Waals surface area contributed by atoms with Gasteiger partial charge >= 0.3 is 0 Å². The molecule has 0 saturated carbocycles. The molecule has 0 bridgehead atoms. The standard InChI is InChI=1S/C13H11NO3/c1-8-6-13(17)11(7-12(8)16)14-9-2-4-10(15)5-3-9/h2-6,15H,7H2,1H3. The number of Topliss-reactive ketones (excluding diaryl/α,β-unsaturated/α-hetero) is 1. The van der Waals surface area contributed by atoms with E-state index in [2.05, 4.69) is 4.99 Å². The second-order valence-corrected chi connectivity index (χ2v) is 3.87. The summed E-state index contributed by atoms with van der Waals surface area (Å²) in [6, 6.07) is 6.14. The molecule has 4 heteroatoms. The van der Waals surface area contributed by atoms with Gasteiger partial charge in [-0.2, -0.15) is 0 Å². The number of carbonyl (C=O) groups is 2. The molecule has 0 fully saturated rings. The zero-order valence-electron chi connectivity index (χ0n) is 9.30. The fourth-order valence-electron chi connectivity index (χ4n) is 1.52. The van der Waals surface area contributed by atoms with Crippen molar-refractivity contribution >= 4 is 23.0 Å². The van der Waals surface area contributed by atoms with Crippen molar-refractivity contribution in [3.05, 3.63) is 35.9 Å². The summed E-state index contributed by atoms with van der Waals surface area (Å²) >= 11 is 0. The highest BCUT2D eigenvalue weighted by Gasteiger charge is 2.21. The summed E-state index contributed by atoms with van der Waals surface area (Å²) in [6.07, 6.45) is 1.35. The summed E-state index contributed by atoms with van der Waals surface area (Å²) in [6.45, 7) is 1.62. The summed E-state index contributed by atoms with van der Waals surface area (Å²) in [5.74, 6) is -0.173. The molecule has 0 aromatic heterocycles. The summed E-state index contributed by atoms with van der Waals surface area (Å²) in [4.78, 5) is 27.2. The molecule has 4 nitrogen and oxygen atoms in total. The van der Waals surface area contributed by atoms with Crippen LogP contribution >= 0.6 is 0 Å². The van der Waals surface area contributed by atoms with Gasteiger partial charge in [0.25, 0.3) is 0 Å². The highest BCUT2D eigenvalue weighted by atomic mass is 16.3. The van der Waals surface area contributed by atoms with Gasteiger partial charge in [-0.3, -0.25) is 9.59 Å². The number of phenolic OH excluding ortho intramolecular Hbond substituents is 1. The van der Waals surface area contributed by atoms with Crippen LogP contribution in [0.5, 0.6) is 5.75 Å². The van der Waals surface area contributed by atoms with Crippen molar-refractivity contribution < 1.29 is 14.7 Å². The zero-order valence-corrected chi connectivity index (χ0v) is 9.30. The highest BCUT2D eigenvalue weighted by Crippen LogP contribution is 2.19. The molecule has 86 valence electrons. The first-order valence-electron chi connectivity index (χ1n) is 5.18. The third-order valence-corrected chi connectivity index (χ3v) is 2.51. The van der Waals surface area contributed by atoms with E-state index in [1.54, 1.807) is 19.1 Å². The molecule has 1 aromatic rings. The number of aromatic hydroxyl groups is 1. The van der Waals surface area contributed by atoms with Gasteiger partial charge in [0, 0.05) is 0 Å². The van der Waals surface area contributed by atoms with E-state index in [1.165, 1.54) is 18.2 Å². The van der Waals surface area contributed by atoms with Crippen molar-refractivity contribution in [3.63, 3.8) is 0 Å². The highest BCUT2D eigenvalue weighted by molar-refractivity contribution is 6.50. The van der Waals surface area contributed by atoms with Crippen molar-refractivity contribution in [2.24, 2.45) is 4.99 Å². The van der Waals surface area contributed by atoms with Gasteiger partial charge in [-0.15, -0.1) is 0 Å². The summed E-state index contributed by atoms with van der Waals surface area (Å²) in [7, 11) is 0. The number of carbonyl (C=O) groups excluding carboxylic acids is 2. The van der Waals surface area contributed by atoms with Crippen LogP contribution in [0.2, 0.25) is 0 Å². The van der Waals surface area contributed by atoms with Gasteiger partial charge < -0.3 is 5.11 Å². The quantitative estimate of drug-likeness (QED) is 0.800. The van der Waals surface area contributed by atoms with Crippen LogP contribution in [-0.2, 0) is 9.59 Å². The van der Waals surface area contributed by atoms with E-state index in [1.807, 2.05) is 0 Å². The molecule has 0 spiro atoms. The maximum absolute atomic E-state index is 11.6. The van der Waals surface area contributed by atoms with Crippen LogP contribution in [0, 0.1) is 0 Å². The molecular weight excluding hydrogens is 218 g/mol. The fraction of sp³-hybridized carbons (Fsp3) is 0.154. The van der Waals surface area contributed by atoms with Gasteiger partial charge in [0.2, 0.25) is 5.78 Å². The van der Waals surface area contributed by atoms with Crippen LogP contribution in [0.4, 0.5) is 5.69 Å². The van der Waals surface area contributed by atoms with Gasteiger partial charge in [-0.05, 0) is 42.8 Å². The molecule has 1 aromatic carbocycles. The molecule has 0 saturated heterocycles. The Kier molecular flexibility index (Phi) is 2.87. The average Bonchev–Trinajstić information content (AvgIpc) is 2.29. The van der Waals surface area contributed by atoms with Crippen molar-refractivity contribution in [2.75, 3.05) is 0 Å². The first-order chi connectivity index (χ1) is 8.06. The second-order valence-electron chi connectivity index (χ2n) is 3.87. The van der Waals surface area contributed by atoms with E-state index in [0.717, 1.165) is 0 Å². The van der Waals surface area contributed by atoms with Gasteiger partial charge in [0.15, 0.2) is 5.78 Å². The molecule has 17 heavy (non-hydrogen) atoms. The van der Waals surface area contributed by atoms with Crippen LogP contribution in [0.25, 0.3) is 0 Å². The van der Waals surface area contributed by atoms with Crippen LogP contribution in [0.1, 0.15) is 13.3 Å². The maximum Gasteiger partial charge on any atom is 0.200 e. The molecule has 0 unspecified atom stereocenters. The number of hydrogen-bond acceptors (Lipinski definition) is 4. The van der Waals surface area contributed by atoms with E-state index < -0.39 is 0 Å². The minimum Gasteiger partial charge on any atom is -0.508 e. The van der Waals surface area contributed by atoms with Gasteiger partial charge in [0.05, 0.1) is 17.8 Å². The normalized spacial score (nSPS) is 18.4. The first-order valence-corrected chi connectivity index (χ1v) is 5.18. The van der Waals surface area contributed by atoms with Gasteiger partial charge in [-0.1, -0.05) is 0 Å². The molecule has 1 aliphatic rings. The largest absolute Gasteiger partial charge is 0.508 e. The molecule has 0 aliphatic heterocycles. The van der Waals surface area contributed by atoms with E-state index in [4.69, 9.17) is 5.11 Å². The number of ketones is 2. The van der Waals surface area contributed by atoms with Crippen molar-refractivity contribution in [2.45, 2.75) is 13.3 Å². The lowest BCUT2D eigenvalue weighted by Crippen LogP contribution is -2.22. The molecule has 0 amide bonds. The molecule has 0 heterocycles. The predicted octanol–water partition coefficient (Wildman–Crippen LogP) is 1.95. The molecule has 0 atom stereocenters. The van der Waals surface area contributed by atoms with Crippen LogP contribution in [0.3, 0.4) is 0 Å². The lowest BCUT2D eigenvalue weighted by atomic mass is 9.96. The fourth-order valence-corrected chi connectivity index (χ4v) is 1.52. The Balaban J connectivity index is 2.32. The van der Waals surface area contributed by atoms with Crippen LogP contribution < -0.4 is 0 Å². The van der Waals surface area contributed by atoms with Gasteiger partial charge in [-0.25, -0.2) is 4.99 Å². The lowest BCUT2D eigenvalue weighted by molar-refractivity contribution is -0.116. The Morgan fingerprint density at radius 3 is 2.47 bits per heavy atom. The number of hydrogen-bond donors (Lipinski definition) is 1. The zero-order chi connectivity index (χ0) is 12.4. The van der Waals surface area contributed by atoms with Gasteiger partial charge in [0.1, 0.15) is 5.75 Å². The smallest absolute Gasteiger partial charge is 0.200 e. The Morgan fingerprint density at radius 1 is 1.18 bits per heavy atom. The average molecular weight is 229 g/mol. The van der Waals surface area contributed by atoms with Crippen molar-refractivity contribution in [1.82, 2.24) is 0 Å². The number of benzene rings is 1. The third-order valence-electron chi connectivity index (χ3n) is 2.51. The summed E-state index contributed by atoms with van der Waals surface area (Å²) < 4.78 is 0. The first kappa shape index (κ1) is 11.3. The predicted molar refractivity (Wildman–Crippen MR) is 63.6 cm³/mol. The summed E-state index contributed by atoms with van der Waals surface area (Å²) in [5.41, 5.74) is 1.26. The van der Waals surface area contributed by atoms with Crippen molar-refractivity contribution in [3.8, 4) is 5.75 Å². The van der Waals surface area contributed by atoms with E-state index in [9.17, 15) is 9.59 Å². The summed E-state index contributed by atoms with van der Waals surface area (Å²) in [5, 5.41) is 9.11. The Labute approximate surface area is 98.3 Å². The van der Waals surface area contributed by atoms with Crippen LogP contribution in [-0.4, -0.2) is 22.4 Å². The molecule has 1 aliphatic carbocycles. The number of aliphatic imine (C=N–C) groups is 1. The monoisotopic (exact) mass is 229 g/mol. The Morgan fingerprint density at radius 2 is 1.82 bits per heavy atom. The van der Waals surface area contributed by atoms with Crippen molar-refractivity contribution in [1.29, 1.82) is 0 Å². The van der Waals surface area contributed by atoms with E-state index in [-0.39, 0.29) is 29.4 Å². The minimum atomic E-state index is -0.227. The second kappa shape index (κ2) is 4.33. The number of rotatable bonds is 1. The Bertz CT molecular complexity index is 538. The molecule has 1 N–H and O–H groups in total. The minimum absolute atomic E-state index is 0.0437. The lowest BCUT2D eigenvalue weighted by Gasteiger charge is -2.09.